The van der Waals surface area contributed by atoms with Crippen LogP contribution in [0.25, 0.3) is 10.9 Å². The van der Waals surface area contributed by atoms with Gasteiger partial charge in [-0.3, -0.25) is 0 Å². The average Bonchev–Trinajstić information content (AvgIpc) is 3.11. The van der Waals surface area contributed by atoms with E-state index in [0.29, 0.717) is 5.69 Å². The first-order valence-corrected chi connectivity index (χ1v) is 10.9. The van der Waals surface area contributed by atoms with E-state index in [1.807, 2.05) is 0 Å². The zero-order chi connectivity index (χ0) is 27.2. The highest BCUT2D eigenvalue weighted by Gasteiger charge is 2.32. The lowest BCUT2D eigenvalue weighted by Crippen LogP contribution is -2.27. The van der Waals surface area contributed by atoms with E-state index in [0.717, 1.165) is 12.1 Å². The molecule has 3 aromatic rings. The molecule has 0 radical (unpaired) electrons. The van der Waals surface area contributed by atoms with Gasteiger partial charge >= 0.3 is 6.36 Å². The number of nitrogens with one attached hydrogen (secondary N) is 1. The molecule has 0 spiro atoms. The fraction of sp³-hybridized carbons (Fsp3) is 0.318. The number of azo groups is 1. The lowest BCUT2D eigenvalue weighted by molar-refractivity contribution is -0.302. The zero-order valence-electron chi connectivity index (χ0n) is 19.4. The molecular formula is C22H23F3N4O7S. The lowest BCUT2D eigenvalue weighted by Gasteiger charge is -2.22. The first kappa shape index (κ1) is 28.2. The number of fused-ring (bicyclic) bond motifs is 1. The van der Waals surface area contributed by atoms with Crippen molar-refractivity contribution in [3.05, 3.63) is 48.5 Å². The maximum atomic E-state index is 12.8. The van der Waals surface area contributed by atoms with Gasteiger partial charge in [-0.2, -0.15) is 0 Å². The molecule has 3 rings (SSSR count). The van der Waals surface area contributed by atoms with Crippen molar-refractivity contribution in [2.24, 2.45) is 10.2 Å². The number of aromatic hydroxyl groups is 1. The van der Waals surface area contributed by atoms with Crippen LogP contribution in [0.15, 0.2) is 58.8 Å². The molecule has 0 aliphatic heterocycles. The molecule has 0 saturated carbocycles. The van der Waals surface area contributed by atoms with Crippen molar-refractivity contribution in [2.75, 3.05) is 19.2 Å². The summed E-state index contributed by atoms with van der Waals surface area (Å²) in [7, 11) is 1.18. The molecular weight excluding hydrogens is 521 g/mol. The van der Waals surface area contributed by atoms with Crippen LogP contribution in [0, 0.1) is 0 Å². The number of methoxy groups -OCH3 is 1. The molecule has 4 N–H and O–H groups in total. The smallest absolute Gasteiger partial charge is 0.493 e. The van der Waals surface area contributed by atoms with Gasteiger partial charge in [0, 0.05) is 18.2 Å². The van der Waals surface area contributed by atoms with Crippen LogP contribution in [0.2, 0.25) is 0 Å². The molecule has 0 aliphatic rings. The summed E-state index contributed by atoms with van der Waals surface area (Å²) < 4.78 is 57.9. The van der Waals surface area contributed by atoms with Crippen molar-refractivity contribution < 1.29 is 47.4 Å². The molecule has 3 atom stereocenters. The SMILES string of the molecule is COC(O)OCOC(O)C(C)n1c(O)c(N=NC(=S)Nc2ccccc2)c2cc(OC(F)(F)F)ccc21. The number of halogens is 3. The van der Waals surface area contributed by atoms with E-state index in [1.54, 1.807) is 30.3 Å². The van der Waals surface area contributed by atoms with Crippen LogP contribution in [0.5, 0.6) is 11.6 Å². The Morgan fingerprint density at radius 1 is 1.14 bits per heavy atom. The van der Waals surface area contributed by atoms with Gasteiger partial charge in [0.15, 0.2) is 18.8 Å². The number of aliphatic hydroxyl groups is 2. The van der Waals surface area contributed by atoms with Crippen LogP contribution in [0.3, 0.4) is 0 Å². The topological polar surface area (TPSA) is 139 Å². The molecule has 1 aromatic heterocycles. The van der Waals surface area contributed by atoms with Crippen molar-refractivity contribution in [1.29, 1.82) is 0 Å². The molecule has 15 heteroatoms. The minimum Gasteiger partial charge on any atom is -0.493 e. The van der Waals surface area contributed by atoms with Crippen molar-refractivity contribution in [2.45, 2.75) is 32.1 Å². The summed E-state index contributed by atoms with van der Waals surface area (Å²) in [6.45, 7) is -0.703. The highest BCUT2D eigenvalue weighted by Crippen LogP contribution is 2.43. The largest absolute Gasteiger partial charge is 0.573 e. The number of alkyl halides is 3. The molecule has 0 amide bonds. The Bertz CT molecular complexity index is 1240. The number of para-hydroxylation sites is 1. The number of hydrogen-bond donors (Lipinski definition) is 4. The Morgan fingerprint density at radius 2 is 1.84 bits per heavy atom. The maximum Gasteiger partial charge on any atom is 0.573 e. The Morgan fingerprint density at radius 3 is 2.49 bits per heavy atom. The van der Waals surface area contributed by atoms with Gasteiger partial charge in [0.05, 0.1) is 11.6 Å². The number of hydrogen-bond acceptors (Lipinski definition) is 9. The summed E-state index contributed by atoms with van der Waals surface area (Å²) in [4.78, 5) is 0. The number of rotatable bonds is 10. The van der Waals surface area contributed by atoms with Crippen LogP contribution >= 0.6 is 12.2 Å². The Hall–Kier alpha value is -3.34. The Kier molecular flexibility index (Phi) is 9.36. The van der Waals surface area contributed by atoms with Crippen molar-refractivity contribution in [3.8, 4) is 11.6 Å². The molecule has 11 nitrogen and oxygen atoms in total. The Balaban J connectivity index is 1.95. The lowest BCUT2D eigenvalue weighted by atomic mass is 10.2. The Labute approximate surface area is 213 Å². The molecule has 2 aromatic carbocycles. The number of aromatic nitrogens is 1. The molecule has 37 heavy (non-hydrogen) atoms. The fourth-order valence-corrected chi connectivity index (χ4v) is 3.40. The second-order valence-electron chi connectivity index (χ2n) is 7.39. The summed E-state index contributed by atoms with van der Waals surface area (Å²) in [5.41, 5.74) is 0.564. The maximum absolute atomic E-state index is 12.8. The third kappa shape index (κ3) is 7.58. The predicted octanol–water partition coefficient (Wildman–Crippen LogP) is 4.52. The van der Waals surface area contributed by atoms with Gasteiger partial charge in [-0.15, -0.1) is 23.4 Å². The normalized spacial score (nSPS) is 14.6. The van der Waals surface area contributed by atoms with Crippen LogP contribution in [-0.2, 0) is 14.2 Å². The zero-order valence-corrected chi connectivity index (χ0v) is 20.2. The van der Waals surface area contributed by atoms with Gasteiger partial charge in [-0.1, -0.05) is 18.2 Å². The number of anilines is 1. The summed E-state index contributed by atoms with van der Waals surface area (Å²) >= 11 is 5.14. The summed E-state index contributed by atoms with van der Waals surface area (Å²) in [5, 5.41) is 41.1. The van der Waals surface area contributed by atoms with E-state index < -0.39 is 43.6 Å². The molecule has 0 fully saturated rings. The van der Waals surface area contributed by atoms with Gasteiger partial charge in [0.1, 0.15) is 5.75 Å². The van der Waals surface area contributed by atoms with Gasteiger partial charge in [-0.05, 0) is 49.5 Å². The van der Waals surface area contributed by atoms with E-state index in [1.165, 1.54) is 24.7 Å². The van der Waals surface area contributed by atoms with Crippen molar-refractivity contribution in [1.82, 2.24) is 4.57 Å². The van der Waals surface area contributed by atoms with Gasteiger partial charge in [0.25, 0.3) is 6.48 Å². The monoisotopic (exact) mass is 544 g/mol. The summed E-state index contributed by atoms with van der Waals surface area (Å²) in [6, 6.07) is 11.1. The van der Waals surface area contributed by atoms with Crippen LogP contribution in [0.1, 0.15) is 13.0 Å². The second kappa shape index (κ2) is 12.3. The third-order valence-electron chi connectivity index (χ3n) is 4.89. The van der Waals surface area contributed by atoms with Crippen LogP contribution in [0.4, 0.5) is 24.5 Å². The molecule has 1 heterocycles. The third-order valence-corrected chi connectivity index (χ3v) is 5.08. The highest BCUT2D eigenvalue weighted by atomic mass is 32.1. The summed E-state index contributed by atoms with van der Waals surface area (Å²) in [5.74, 6) is -1.11. The van der Waals surface area contributed by atoms with Gasteiger partial charge < -0.3 is 44.2 Å². The first-order valence-electron chi connectivity index (χ1n) is 10.5. The first-order chi connectivity index (χ1) is 17.5. The molecule has 3 unspecified atom stereocenters. The number of benzene rings is 2. The minimum atomic E-state index is -4.95. The fourth-order valence-electron chi connectivity index (χ4n) is 3.24. The van der Waals surface area contributed by atoms with E-state index in [-0.39, 0.29) is 21.7 Å². The molecule has 0 saturated heterocycles. The second-order valence-corrected chi connectivity index (χ2v) is 7.78. The van der Waals surface area contributed by atoms with E-state index >= 15 is 0 Å². The number of aliphatic hydroxyl groups excluding tert-OH is 2. The van der Waals surface area contributed by atoms with E-state index in [2.05, 4.69) is 25.0 Å². The van der Waals surface area contributed by atoms with Crippen molar-refractivity contribution >= 4 is 39.6 Å². The highest BCUT2D eigenvalue weighted by molar-refractivity contribution is 7.80. The van der Waals surface area contributed by atoms with Gasteiger partial charge in [0.2, 0.25) is 11.0 Å². The van der Waals surface area contributed by atoms with E-state index in [4.69, 9.17) is 21.7 Å². The number of nitrogens with zero attached hydrogens (tertiary/aromatic N) is 3. The predicted molar refractivity (Wildman–Crippen MR) is 128 cm³/mol. The van der Waals surface area contributed by atoms with Gasteiger partial charge in [-0.25, -0.2) is 0 Å². The van der Waals surface area contributed by atoms with Crippen LogP contribution < -0.4 is 10.1 Å². The van der Waals surface area contributed by atoms with Crippen molar-refractivity contribution in [3.63, 3.8) is 0 Å². The molecule has 0 aliphatic carbocycles. The quantitative estimate of drug-likeness (QED) is 0.165. The number of ether oxygens (including phenoxy) is 4. The van der Waals surface area contributed by atoms with Crippen LogP contribution in [-0.4, -0.2) is 58.0 Å². The summed E-state index contributed by atoms with van der Waals surface area (Å²) in [6.07, 6.45) is -6.55. The average molecular weight is 545 g/mol. The minimum absolute atomic E-state index is 0.0237. The van der Waals surface area contributed by atoms with E-state index in [9.17, 15) is 28.5 Å². The molecule has 200 valence electrons. The standard InChI is InChI=1S/C22H23F3N4O7S/c1-12(19(31)34-11-35-21(32)33-2)29-16-9-8-14(36-22(23,24)25)10-15(16)17(18(29)30)27-28-20(37)26-13-6-4-3-5-7-13/h3-10,12,19,21,30-32H,11H2,1-2H3,(H,26,37). The number of thiocarbonyl (C=S) groups is 1. The molecule has 0 bridgehead atoms.